The molecule has 4 aliphatic rings. The smallest absolute Gasteiger partial charge is 0.00188 e. The molecule has 2 aliphatic heterocycles. The molecule has 0 aromatic carbocycles. The highest BCUT2D eigenvalue weighted by Crippen LogP contribution is 2.48. The summed E-state index contributed by atoms with van der Waals surface area (Å²) in [5.41, 5.74) is 0. The SMILES string of the molecule is [O-]N1C2CC3CC(C2)CC1C3. The second kappa shape index (κ2) is 1.99. The van der Waals surface area contributed by atoms with Crippen molar-refractivity contribution in [2.45, 2.75) is 44.2 Å². The standard InChI is InChI=1S/C9H14NO/c11-10-8-2-6-1-7(4-8)5-9(10)3-6/h6-9H,1-5H2/q-1. The average Bonchev–Trinajstić information content (AvgIpc) is 1.98. The second-order valence-electron chi connectivity index (χ2n) is 4.58. The zero-order valence-electron chi connectivity index (χ0n) is 6.70. The summed E-state index contributed by atoms with van der Waals surface area (Å²) >= 11 is 0. The average molecular weight is 152 g/mol. The molecule has 0 unspecified atom stereocenters. The van der Waals surface area contributed by atoms with Gasteiger partial charge in [-0.1, -0.05) is 0 Å². The van der Waals surface area contributed by atoms with E-state index in [1.807, 2.05) is 0 Å². The van der Waals surface area contributed by atoms with E-state index in [0.717, 1.165) is 11.8 Å². The lowest BCUT2D eigenvalue weighted by Crippen LogP contribution is -2.55. The van der Waals surface area contributed by atoms with E-state index >= 15 is 0 Å². The predicted molar refractivity (Wildman–Crippen MR) is 42.8 cm³/mol. The molecule has 0 amide bonds. The van der Waals surface area contributed by atoms with Crippen LogP contribution in [0.2, 0.25) is 0 Å². The molecule has 0 atom stereocenters. The molecule has 62 valence electrons. The number of rotatable bonds is 0. The minimum absolute atomic E-state index is 0.422. The third-order valence-corrected chi connectivity index (χ3v) is 3.81. The minimum Gasteiger partial charge on any atom is -0.785 e. The van der Waals surface area contributed by atoms with Crippen LogP contribution in [0.15, 0.2) is 0 Å². The van der Waals surface area contributed by atoms with Gasteiger partial charge in [-0.25, -0.2) is 0 Å². The summed E-state index contributed by atoms with van der Waals surface area (Å²) in [5.74, 6) is 1.84. The van der Waals surface area contributed by atoms with Gasteiger partial charge in [0, 0.05) is 0 Å². The summed E-state index contributed by atoms with van der Waals surface area (Å²) in [5, 5.41) is 12.9. The van der Waals surface area contributed by atoms with E-state index in [-0.39, 0.29) is 0 Å². The molecule has 4 bridgehead atoms. The summed E-state index contributed by atoms with van der Waals surface area (Å²) in [4.78, 5) is 0. The zero-order valence-corrected chi connectivity index (χ0v) is 6.70. The highest BCUT2D eigenvalue weighted by atomic mass is 16.5. The Bertz CT molecular complexity index is 152. The van der Waals surface area contributed by atoms with Crippen molar-refractivity contribution in [3.63, 3.8) is 0 Å². The van der Waals surface area contributed by atoms with Crippen LogP contribution < -0.4 is 0 Å². The predicted octanol–water partition coefficient (Wildman–Crippen LogP) is 1.75. The third kappa shape index (κ3) is 0.798. The van der Waals surface area contributed by atoms with Gasteiger partial charge in [-0.2, -0.15) is 0 Å². The van der Waals surface area contributed by atoms with Crippen molar-refractivity contribution in [2.75, 3.05) is 0 Å². The van der Waals surface area contributed by atoms with Crippen LogP contribution in [-0.2, 0) is 0 Å². The molecular weight excluding hydrogens is 138 g/mol. The molecule has 2 heteroatoms. The fraction of sp³-hybridized carbons (Fsp3) is 1.00. The van der Waals surface area contributed by atoms with Gasteiger partial charge in [0.2, 0.25) is 0 Å². The van der Waals surface area contributed by atoms with Crippen molar-refractivity contribution in [1.82, 2.24) is 5.06 Å². The van der Waals surface area contributed by atoms with E-state index in [0.29, 0.717) is 12.1 Å². The van der Waals surface area contributed by atoms with Crippen LogP contribution in [-0.4, -0.2) is 17.1 Å². The second-order valence-corrected chi connectivity index (χ2v) is 4.58. The van der Waals surface area contributed by atoms with Gasteiger partial charge in [-0.3, -0.25) is 0 Å². The Morgan fingerprint density at radius 3 is 1.73 bits per heavy atom. The van der Waals surface area contributed by atoms with Crippen LogP contribution in [0.3, 0.4) is 0 Å². The Labute approximate surface area is 67.1 Å². The normalized spacial score (nSPS) is 55.4. The van der Waals surface area contributed by atoms with E-state index in [1.54, 1.807) is 0 Å². The zero-order chi connectivity index (χ0) is 7.42. The topological polar surface area (TPSA) is 26.3 Å². The van der Waals surface area contributed by atoms with Crippen molar-refractivity contribution >= 4 is 0 Å². The number of hydroxylamine groups is 2. The number of piperidine rings is 2. The van der Waals surface area contributed by atoms with Crippen molar-refractivity contribution in [3.8, 4) is 0 Å². The molecule has 0 aromatic rings. The Hall–Kier alpha value is -0.0800. The van der Waals surface area contributed by atoms with Crippen LogP contribution >= 0.6 is 0 Å². The van der Waals surface area contributed by atoms with E-state index < -0.39 is 0 Å². The van der Waals surface area contributed by atoms with Crippen LogP contribution in [0, 0.1) is 17.0 Å². The van der Waals surface area contributed by atoms with Crippen LogP contribution in [0.5, 0.6) is 0 Å². The van der Waals surface area contributed by atoms with Crippen LogP contribution in [0.1, 0.15) is 32.1 Å². The first-order valence-electron chi connectivity index (χ1n) is 4.78. The molecule has 0 N–H and O–H groups in total. The summed E-state index contributed by atoms with van der Waals surface area (Å²) in [6.07, 6.45) is 6.25. The monoisotopic (exact) mass is 152 g/mol. The van der Waals surface area contributed by atoms with Gasteiger partial charge in [0.05, 0.1) is 0 Å². The van der Waals surface area contributed by atoms with Gasteiger partial charge in [0.1, 0.15) is 0 Å². The van der Waals surface area contributed by atoms with Crippen LogP contribution in [0.25, 0.3) is 0 Å². The van der Waals surface area contributed by atoms with Gasteiger partial charge in [-0.15, -0.1) is 0 Å². The largest absolute Gasteiger partial charge is 0.785 e. The number of nitrogens with zero attached hydrogens (tertiary/aromatic N) is 1. The summed E-state index contributed by atoms with van der Waals surface area (Å²) in [6, 6.07) is 0.845. The maximum Gasteiger partial charge on any atom is -0.00188 e. The first-order chi connectivity index (χ1) is 5.33. The fourth-order valence-corrected chi connectivity index (χ4v) is 3.49. The lowest BCUT2D eigenvalue weighted by Gasteiger charge is -2.60. The van der Waals surface area contributed by atoms with Gasteiger partial charge in [0.25, 0.3) is 0 Å². The maximum absolute atomic E-state index is 11.5. The van der Waals surface area contributed by atoms with Crippen molar-refractivity contribution in [1.29, 1.82) is 0 Å². The third-order valence-electron chi connectivity index (χ3n) is 3.81. The van der Waals surface area contributed by atoms with Gasteiger partial charge >= 0.3 is 0 Å². The summed E-state index contributed by atoms with van der Waals surface area (Å²) in [7, 11) is 0. The molecule has 11 heavy (non-hydrogen) atoms. The van der Waals surface area contributed by atoms with E-state index in [9.17, 15) is 5.21 Å². The van der Waals surface area contributed by atoms with Gasteiger partial charge in [-0.05, 0) is 56.0 Å². The molecule has 4 fully saturated rings. The molecule has 2 aliphatic carbocycles. The summed E-state index contributed by atoms with van der Waals surface area (Å²) in [6.45, 7) is 0. The van der Waals surface area contributed by atoms with Gasteiger partial charge < -0.3 is 10.3 Å². The lowest BCUT2D eigenvalue weighted by molar-refractivity contribution is -0.0295. The first-order valence-corrected chi connectivity index (χ1v) is 4.78. The molecular formula is C9H14NO-. The molecule has 2 saturated carbocycles. The first kappa shape index (κ1) is 6.44. The lowest BCUT2D eigenvalue weighted by atomic mass is 9.64. The minimum atomic E-state index is 0.422. The number of hydrogen-bond acceptors (Lipinski definition) is 2. The number of hydrogen-bond donors (Lipinski definition) is 0. The molecule has 0 radical (unpaired) electrons. The fourth-order valence-electron chi connectivity index (χ4n) is 3.49. The molecule has 0 spiro atoms. The van der Waals surface area contributed by atoms with Crippen molar-refractivity contribution < 1.29 is 0 Å². The maximum atomic E-state index is 11.5. The van der Waals surface area contributed by atoms with Crippen molar-refractivity contribution in [2.24, 2.45) is 11.8 Å². The molecule has 2 heterocycles. The van der Waals surface area contributed by atoms with Crippen molar-refractivity contribution in [3.05, 3.63) is 5.21 Å². The van der Waals surface area contributed by atoms with Crippen LogP contribution in [0.4, 0.5) is 0 Å². The quantitative estimate of drug-likeness (QED) is 0.528. The summed E-state index contributed by atoms with van der Waals surface area (Å²) < 4.78 is 0. The van der Waals surface area contributed by atoms with E-state index in [1.165, 1.54) is 37.2 Å². The molecule has 2 nitrogen and oxygen atoms in total. The Morgan fingerprint density at radius 2 is 1.27 bits per heavy atom. The van der Waals surface area contributed by atoms with E-state index in [4.69, 9.17) is 0 Å². The molecule has 4 rings (SSSR count). The Balaban J connectivity index is 1.91. The van der Waals surface area contributed by atoms with E-state index in [2.05, 4.69) is 0 Å². The molecule has 2 saturated heterocycles. The molecule has 0 aromatic heterocycles. The Morgan fingerprint density at radius 1 is 0.818 bits per heavy atom. The highest BCUT2D eigenvalue weighted by molar-refractivity contribution is 5.00. The Kier molecular flexibility index (Phi) is 1.16. The van der Waals surface area contributed by atoms with Gasteiger partial charge in [0.15, 0.2) is 0 Å². The highest BCUT2D eigenvalue weighted by Gasteiger charge is 2.43.